The molecule has 1 aromatic heterocycles. The van der Waals surface area contributed by atoms with Gasteiger partial charge >= 0.3 is 0 Å². The molecule has 24 heavy (non-hydrogen) atoms. The van der Waals surface area contributed by atoms with Crippen LogP contribution in [-0.2, 0) is 11.8 Å². The van der Waals surface area contributed by atoms with Gasteiger partial charge in [0.25, 0.3) is 0 Å². The topological polar surface area (TPSA) is 60.3 Å². The molecule has 1 heterocycles. The Morgan fingerprint density at radius 1 is 1.17 bits per heavy atom. The molecule has 2 aromatic rings. The minimum absolute atomic E-state index is 0.0552. The monoisotopic (exact) mass is 328 g/mol. The summed E-state index contributed by atoms with van der Waals surface area (Å²) in [7, 11) is 1.66. The zero-order chi connectivity index (χ0) is 17.5. The summed E-state index contributed by atoms with van der Waals surface area (Å²) in [5, 5.41) is 2.80. The molecule has 0 atom stereocenters. The van der Waals surface area contributed by atoms with Crippen LogP contribution < -0.4 is 15.6 Å². The summed E-state index contributed by atoms with van der Waals surface area (Å²) >= 11 is 0. The van der Waals surface area contributed by atoms with Crippen LogP contribution in [0.3, 0.4) is 0 Å². The van der Waals surface area contributed by atoms with Crippen LogP contribution in [0.15, 0.2) is 41.3 Å². The maximum atomic E-state index is 11.9. The summed E-state index contributed by atoms with van der Waals surface area (Å²) in [5.41, 5.74) is 2.82. The van der Waals surface area contributed by atoms with Gasteiger partial charge in [0, 0.05) is 25.7 Å². The van der Waals surface area contributed by atoms with E-state index in [4.69, 9.17) is 4.74 Å². The number of hydrogen-bond acceptors (Lipinski definition) is 3. The molecule has 5 heteroatoms. The van der Waals surface area contributed by atoms with Gasteiger partial charge in [-0.25, -0.2) is 0 Å². The zero-order valence-electron chi connectivity index (χ0n) is 14.5. The standard InChI is InChI=1S/C19H24N2O3/c1-14-7-8-15(2)17(12-14)24-11-5-4-6-18(22)20-16-9-10-19(23)21(3)13-16/h7-10,12-13H,4-6,11H2,1-3H3,(H,20,22). The second kappa shape index (κ2) is 8.34. The number of aryl methyl sites for hydroxylation is 3. The lowest BCUT2D eigenvalue weighted by molar-refractivity contribution is -0.116. The fourth-order valence-corrected chi connectivity index (χ4v) is 2.32. The number of carbonyl (C=O) groups is 1. The molecule has 1 N–H and O–H groups in total. The number of benzene rings is 1. The fraction of sp³-hybridized carbons (Fsp3) is 0.368. The predicted molar refractivity (Wildman–Crippen MR) is 95.6 cm³/mol. The molecule has 0 aliphatic carbocycles. The number of nitrogens with zero attached hydrogens (tertiary/aromatic N) is 1. The van der Waals surface area contributed by atoms with Crippen molar-refractivity contribution in [3.63, 3.8) is 0 Å². The first kappa shape index (κ1) is 17.8. The number of aromatic nitrogens is 1. The Morgan fingerprint density at radius 3 is 2.71 bits per heavy atom. The Labute approximate surface area is 142 Å². The highest BCUT2D eigenvalue weighted by Crippen LogP contribution is 2.19. The van der Waals surface area contributed by atoms with Gasteiger partial charge in [-0.3, -0.25) is 9.59 Å². The number of pyridine rings is 1. The lowest BCUT2D eigenvalue weighted by Crippen LogP contribution is -2.17. The van der Waals surface area contributed by atoms with E-state index in [1.165, 1.54) is 16.2 Å². The molecule has 128 valence electrons. The van der Waals surface area contributed by atoms with Gasteiger partial charge < -0.3 is 14.6 Å². The van der Waals surface area contributed by atoms with E-state index in [1.807, 2.05) is 26.0 Å². The van der Waals surface area contributed by atoms with Gasteiger partial charge in [-0.2, -0.15) is 0 Å². The minimum atomic E-state index is -0.100. The van der Waals surface area contributed by atoms with E-state index in [2.05, 4.69) is 11.4 Å². The maximum Gasteiger partial charge on any atom is 0.250 e. The molecule has 0 saturated heterocycles. The summed E-state index contributed by atoms with van der Waals surface area (Å²) < 4.78 is 7.21. The van der Waals surface area contributed by atoms with Gasteiger partial charge in [0.1, 0.15) is 5.75 Å². The maximum absolute atomic E-state index is 11.9. The summed E-state index contributed by atoms with van der Waals surface area (Å²) in [4.78, 5) is 23.2. The molecule has 1 aromatic carbocycles. The first-order chi connectivity index (χ1) is 11.5. The van der Waals surface area contributed by atoms with Crippen LogP contribution in [0.2, 0.25) is 0 Å². The third kappa shape index (κ3) is 5.26. The normalized spacial score (nSPS) is 10.5. The number of rotatable bonds is 7. The van der Waals surface area contributed by atoms with Gasteiger partial charge in [0.15, 0.2) is 0 Å². The molecule has 0 fully saturated rings. The van der Waals surface area contributed by atoms with Crippen molar-refractivity contribution in [2.24, 2.45) is 7.05 Å². The number of amides is 1. The lowest BCUT2D eigenvalue weighted by atomic mass is 10.1. The van der Waals surface area contributed by atoms with Crippen molar-refractivity contribution in [2.75, 3.05) is 11.9 Å². The van der Waals surface area contributed by atoms with E-state index in [9.17, 15) is 9.59 Å². The van der Waals surface area contributed by atoms with Gasteiger partial charge in [-0.15, -0.1) is 0 Å². The van der Waals surface area contributed by atoms with Crippen LogP contribution in [0.1, 0.15) is 30.4 Å². The SMILES string of the molecule is Cc1ccc(C)c(OCCCCC(=O)Nc2ccc(=O)n(C)c2)c1. The van der Waals surface area contributed by atoms with Gasteiger partial charge in [-0.05, 0) is 49.9 Å². The highest BCUT2D eigenvalue weighted by molar-refractivity contribution is 5.90. The minimum Gasteiger partial charge on any atom is -0.493 e. The van der Waals surface area contributed by atoms with Crippen LogP contribution in [0.25, 0.3) is 0 Å². The van der Waals surface area contributed by atoms with Crippen molar-refractivity contribution in [3.05, 3.63) is 58.0 Å². The Morgan fingerprint density at radius 2 is 1.96 bits per heavy atom. The summed E-state index contributed by atoms with van der Waals surface area (Å²) in [6.45, 7) is 4.66. The highest BCUT2D eigenvalue weighted by atomic mass is 16.5. The molecular weight excluding hydrogens is 304 g/mol. The van der Waals surface area contributed by atoms with E-state index < -0.39 is 0 Å². The van der Waals surface area contributed by atoms with Crippen molar-refractivity contribution in [3.8, 4) is 5.75 Å². The van der Waals surface area contributed by atoms with Crippen LogP contribution >= 0.6 is 0 Å². The summed E-state index contributed by atoms with van der Waals surface area (Å²) in [6, 6.07) is 9.19. The van der Waals surface area contributed by atoms with E-state index in [1.54, 1.807) is 19.3 Å². The van der Waals surface area contributed by atoms with E-state index >= 15 is 0 Å². The van der Waals surface area contributed by atoms with Crippen molar-refractivity contribution in [1.29, 1.82) is 0 Å². The van der Waals surface area contributed by atoms with E-state index in [0.29, 0.717) is 18.7 Å². The van der Waals surface area contributed by atoms with E-state index in [-0.39, 0.29) is 11.5 Å². The quantitative estimate of drug-likeness (QED) is 0.794. The van der Waals surface area contributed by atoms with Crippen molar-refractivity contribution >= 4 is 11.6 Å². The Bertz CT molecular complexity index is 765. The molecule has 2 rings (SSSR count). The Hall–Kier alpha value is -2.56. The van der Waals surface area contributed by atoms with Crippen LogP contribution in [0.5, 0.6) is 5.75 Å². The Balaban J connectivity index is 1.70. The van der Waals surface area contributed by atoms with E-state index in [0.717, 1.165) is 24.2 Å². The smallest absolute Gasteiger partial charge is 0.250 e. The van der Waals surface area contributed by atoms with Crippen LogP contribution in [0, 0.1) is 13.8 Å². The average molecular weight is 328 g/mol. The van der Waals surface area contributed by atoms with Crippen molar-refractivity contribution in [2.45, 2.75) is 33.1 Å². The molecular formula is C19H24N2O3. The number of hydrogen-bond donors (Lipinski definition) is 1. The second-order valence-electron chi connectivity index (χ2n) is 5.99. The lowest BCUT2D eigenvalue weighted by Gasteiger charge is -2.10. The molecule has 1 amide bonds. The number of ether oxygens (including phenoxy) is 1. The third-order valence-corrected chi connectivity index (χ3v) is 3.77. The molecule has 5 nitrogen and oxygen atoms in total. The third-order valence-electron chi connectivity index (χ3n) is 3.77. The van der Waals surface area contributed by atoms with Crippen molar-refractivity contribution < 1.29 is 9.53 Å². The second-order valence-corrected chi connectivity index (χ2v) is 5.99. The van der Waals surface area contributed by atoms with Gasteiger partial charge in [0.05, 0.1) is 12.3 Å². The number of carbonyl (C=O) groups excluding carboxylic acids is 1. The van der Waals surface area contributed by atoms with Gasteiger partial charge in [0.2, 0.25) is 11.5 Å². The van der Waals surface area contributed by atoms with Gasteiger partial charge in [-0.1, -0.05) is 12.1 Å². The predicted octanol–water partition coefficient (Wildman–Crippen LogP) is 3.19. The summed E-state index contributed by atoms with van der Waals surface area (Å²) in [6.07, 6.45) is 3.61. The molecule has 0 radical (unpaired) electrons. The first-order valence-corrected chi connectivity index (χ1v) is 8.12. The number of nitrogens with one attached hydrogen (secondary N) is 1. The Kier molecular flexibility index (Phi) is 6.18. The summed E-state index contributed by atoms with van der Waals surface area (Å²) in [5.74, 6) is 0.852. The molecule has 0 saturated carbocycles. The molecule has 0 bridgehead atoms. The number of anilines is 1. The zero-order valence-corrected chi connectivity index (χ0v) is 14.5. The highest BCUT2D eigenvalue weighted by Gasteiger charge is 2.04. The molecule has 0 unspecified atom stereocenters. The molecule has 0 spiro atoms. The van der Waals surface area contributed by atoms with Crippen molar-refractivity contribution in [1.82, 2.24) is 4.57 Å². The first-order valence-electron chi connectivity index (χ1n) is 8.12. The largest absolute Gasteiger partial charge is 0.493 e. The molecule has 0 aliphatic heterocycles. The van der Waals surface area contributed by atoms with Crippen LogP contribution in [-0.4, -0.2) is 17.1 Å². The fourth-order valence-electron chi connectivity index (χ4n) is 2.32. The van der Waals surface area contributed by atoms with Crippen LogP contribution in [0.4, 0.5) is 5.69 Å². The number of unbranched alkanes of at least 4 members (excludes halogenated alkanes) is 1. The average Bonchev–Trinajstić information content (AvgIpc) is 2.54. The molecule has 0 aliphatic rings.